The summed E-state index contributed by atoms with van der Waals surface area (Å²) in [6.45, 7) is 15.1. The van der Waals surface area contributed by atoms with Crippen molar-refractivity contribution in [2.75, 3.05) is 6.61 Å². The standard InChI is InChI=1S/C20H32O4/c1-7-19(5,22)12-9-10-15(3)14-23-18(21)16(4)17-11-13-20(6,8-2)24-17/h7-8,10,16-17,22H,1-2,9,11-14H2,3-6H3. The van der Waals surface area contributed by atoms with E-state index in [-0.39, 0.29) is 30.2 Å². The highest BCUT2D eigenvalue weighted by atomic mass is 16.5. The second-order valence-electron chi connectivity index (χ2n) is 7.26. The van der Waals surface area contributed by atoms with Gasteiger partial charge in [-0.3, -0.25) is 4.79 Å². The molecule has 4 atom stereocenters. The molecule has 1 fully saturated rings. The third kappa shape index (κ3) is 6.25. The van der Waals surface area contributed by atoms with E-state index < -0.39 is 5.60 Å². The molecule has 4 nitrogen and oxygen atoms in total. The Morgan fingerprint density at radius 3 is 2.75 bits per heavy atom. The SMILES string of the molecule is C=CC(C)(O)CCC=C(C)COC(=O)C(C)C1CCC(C)(C=C)O1. The van der Waals surface area contributed by atoms with Crippen molar-refractivity contribution in [1.82, 2.24) is 0 Å². The van der Waals surface area contributed by atoms with Crippen molar-refractivity contribution in [3.8, 4) is 0 Å². The molecule has 0 amide bonds. The molecule has 4 heteroatoms. The smallest absolute Gasteiger partial charge is 0.311 e. The van der Waals surface area contributed by atoms with Gasteiger partial charge in [-0.25, -0.2) is 0 Å². The van der Waals surface area contributed by atoms with Gasteiger partial charge in [0.15, 0.2) is 0 Å². The van der Waals surface area contributed by atoms with Gasteiger partial charge in [0.25, 0.3) is 0 Å². The Kier molecular flexibility index (Phi) is 7.43. The summed E-state index contributed by atoms with van der Waals surface area (Å²) in [6, 6.07) is 0. The molecule has 24 heavy (non-hydrogen) atoms. The number of allylic oxidation sites excluding steroid dienone is 1. The van der Waals surface area contributed by atoms with Gasteiger partial charge >= 0.3 is 5.97 Å². The van der Waals surface area contributed by atoms with E-state index in [0.29, 0.717) is 12.8 Å². The lowest BCUT2D eigenvalue weighted by atomic mass is 9.99. The van der Waals surface area contributed by atoms with E-state index >= 15 is 0 Å². The maximum atomic E-state index is 12.2. The van der Waals surface area contributed by atoms with E-state index in [1.807, 2.05) is 26.8 Å². The molecule has 0 aliphatic carbocycles. The first-order chi connectivity index (χ1) is 11.1. The number of carbonyl (C=O) groups is 1. The third-order valence-corrected chi connectivity index (χ3v) is 4.73. The molecule has 1 N–H and O–H groups in total. The fourth-order valence-electron chi connectivity index (χ4n) is 2.63. The summed E-state index contributed by atoms with van der Waals surface area (Å²) in [5, 5.41) is 9.86. The summed E-state index contributed by atoms with van der Waals surface area (Å²) < 4.78 is 11.3. The molecule has 1 saturated heterocycles. The third-order valence-electron chi connectivity index (χ3n) is 4.73. The number of aliphatic hydroxyl groups is 1. The highest BCUT2D eigenvalue weighted by molar-refractivity contribution is 5.73. The Labute approximate surface area is 146 Å². The Morgan fingerprint density at radius 2 is 2.21 bits per heavy atom. The van der Waals surface area contributed by atoms with Crippen LogP contribution in [0.4, 0.5) is 0 Å². The zero-order valence-electron chi connectivity index (χ0n) is 15.5. The number of carbonyl (C=O) groups excluding carboxylic acids is 1. The topological polar surface area (TPSA) is 55.8 Å². The average molecular weight is 336 g/mol. The number of hydrogen-bond acceptors (Lipinski definition) is 4. The summed E-state index contributed by atoms with van der Waals surface area (Å²) in [6.07, 6.45) is 8.22. The maximum Gasteiger partial charge on any atom is 0.311 e. The number of ether oxygens (including phenoxy) is 2. The van der Waals surface area contributed by atoms with Gasteiger partial charge in [0, 0.05) is 0 Å². The van der Waals surface area contributed by atoms with Crippen LogP contribution in [-0.2, 0) is 14.3 Å². The van der Waals surface area contributed by atoms with Gasteiger partial charge in [-0.2, -0.15) is 0 Å². The van der Waals surface area contributed by atoms with Crippen LogP contribution in [0.15, 0.2) is 37.0 Å². The van der Waals surface area contributed by atoms with Crippen LogP contribution in [0.3, 0.4) is 0 Å². The van der Waals surface area contributed by atoms with Crippen LogP contribution in [0.1, 0.15) is 53.4 Å². The Balaban J connectivity index is 2.40. The lowest BCUT2D eigenvalue weighted by Gasteiger charge is -2.23. The number of esters is 1. The minimum Gasteiger partial charge on any atom is -0.461 e. The van der Waals surface area contributed by atoms with Gasteiger partial charge in [0.05, 0.1) is 23.2 Å². The lowest BCUT2D eigenvalue weighted by Crippen LogP contribution is -2.30. The first-order valence-electron chi connectivity index (χ1n) is 8.62. The van der Waals surface area contributed by atoms with Crippen molar-refractivity contribution >= 4 is 5.97 Å². The molecule has 0 spiro atoms. The first-order valence-corrected chi connectivity index (χ1v) is 8.62. The summed E-state index contributed by atoms with van der Waals surface area (Å²) in [5.74, 6) is -0.528. The van der Waals surface area contributed by atoms with Gasteiger partial charge in [-0.1, -0.05) is 18.2 Å². The summed E-state index contributed by atoms with van der Waals surface area (Å²) in [7, 11) is 0. The second kappa shape index (κ2) is 8.63. The van der Waals surface area contributed by atoms with E-state index in [0.717, 1.165) is 18.4 Å². The van der Waals surface area contributed by atoms with Crippen LogP contribution in [0.2, 0.25) is 0 Å². The minimum atomic E-state index is -0.862. The highest BCUT2D eigenvalue weighted by Crippen LogP contribution is 2.34. The van der Waals surface area contributed by atoms with Gasteiger partial charge < -0.3 is 14.6 Å². The van der Waals surface area contributed by atoms with E-state index in [2.05, 4.69) is 13.2 Å². The summed E-state index contributed by atoms with van der Waals surface area (Å²) in [5.41, 5.74) is -0.227. The molecule has 1 aliphatic heterocycles. The predicted molar refractivity (Wildman–Crippen MR) is 96.6 cm³/mol. The first kappa shape index (κ1) is 20.7. The summed E-state index contributed by atoms with van der Waals surface area (Å²) in [4.78, 5) is 12.2. The van der Waals surface area contributed by atoms with E-state index in [4.69, 9.17) is 9.47 Å². The Hall–Kier alpha value is -1.39. The molecule has 136 valence electrons. The Morgan fingerprint density at radius 1 is 1.54 bits per heavy atom. The molecule has 0 bridgehead atoms. The van der Waals surface area contributed by atoms with E-state index in [9.17, 15) is 9.90 Å². The normalized spacial score (nSPS) is 28.0. The maximum absolute atomic E-state index is 12.2. The van der Waals surface area contributed by atoms with Crippen LogP contribution >= 0.6 is 0 Å². The van der Waals surface area contributed by atoms with E-state index in [1.54, 1.807) is 13.0 Å². The van der Waals surface area contributed by atoms with Crippen LogP contribution in [-0.4, -0.2) is 35.0 Å². The van der Waals surface area contributed by atoms with Gasteiger partial charge in [-0.05, 0) is 59.0 Å². The van der Waals surface area contributed by atoms with Gasteiger partial charge in [0.2, 0.25) is 0 Å². The molecule has 0 aromatic heterocycles. The van der Waals surface area contributed by atoms with Crippen LogP contribution in [0.25, 0.3) is 0 Å². The van der Waals surface area contributed by atoms with Crippen molar-refractivity contribution in [2.45, 2.75) is 70.7 Å². The fraction of sp³-hybridized carbons (Fsp3) is 0.650. The largest absolute Gasteiger partial charge is 0.461 e. The monoisotopic (exact) mass is 336 g/mol. The average Bonchev–Trinajstić information content (AvgIpc) is 2.94. The fourth-order valence-corrected chi connectivity index (χ4v) is 2.63. The molecule has 0 radical (unpaired) electrons. The van der Waals surface area contributed by atoms with Gasteiger partial charge in [0.1, 0.15) is 6.61 Å². The highest BCUT2D eigenvalue weighted by Gasteiger charge is 2.38. The molecule has 0 aromatic rings. The zero-order valence-corrected chi connectivity index (χ0v) is 15.5. The van der Waals surface area contributed by atoms with Crippen molar-refractivity contribution in [3.63, 3.8) is 0 Å². The molecule has 0 aromatic carbocycles. The van der Waals surface area contributed by atoms with E-state index in [1.165, 1.54) is 6.08 Å². The molecular weight excluding hydrogens is 304 g/mol. The second-order valence-corrected chi connectivity index (χ2v) is 7.26. The van der Waals surface area contributed by atoms with Crippen LogP contribution < -0.4 is 0 Å². The number of hydrogen-bond donors (Lipinski definition) is 1. The van der Waals surface area contributed by atoms with Gasteiger partial charge in [-0.15, -0.1) is 13.2 Å². The van der Waals surface area contributed by atoms with Crippen molar-refractivity contribution < 1.29 is 19.4 Å². The quantitative estimate of drug-likeness (QED) is 0.511. The zero-order chi connectivity index (χ0) is 18.4. The lowest BCUT2D eigenvalue weighted by molar-refractivity contribution is -0.152. The minimum absolute atomic E-state index is 0.118. The molecule has 0 saturated carbocycles. The predicted octanol–water partition coefficient (Wildman–Crippen LogP) is 3.95. The van der Waals surface area contributed by atoms with Crippen LogP contribution in [0, 0.1) is 5.92 Å². The Bertz CT molecular complexity index is 492. The van der Waals surface area contributed by atoms with Crippen LogP contribution in [0.5, 0.6) is 0 Å². The van der Waals surface area contributed by atoms with Crippen molar-refractivity contribution in [1.29, 1.82) is 0 Å². The van der Waals surface area contributed by atoms with Crippen molar-refractivity contribution in [3.05, 3.63) is 37.0 Å². The molecule has 1 heterocycles. The molecular formula is C20H32O4. The molecule has 1 rings (SSSR count). The summed E-state index contributed by atoms with van der Waals surface area (Å²) >= 11 is 0. The van der Waals surface area contributed by atoms with Crippen molar-refractivity contribution in [2.24, 2.45) is 5.92 Å². The molecule has 1 aliphatic rings. The number of rotatable bonds is 9. The molecule has 4 unspecified atom stereocenters.